The van der Waals surface area contributed by atoms with Gasteiger partial charge in [0.25, 0.3) is 0 Å². The minimum Gasteiger partial charge on any atom is -1.00 e. The van der Waals surface area contributed by atoms with Crippen LogP contribution < -0.4 is 24.0 Å². The number of pyridine rings is 1. The lowest BCUT2D eigenvalue weighted by Crippen LogP contribution is -3.00. The van der Waals surface area contributed by atoms with Gasteiger partial charge < -0.3 is 24.0 Å². The molecule has 1 aliphatic heterocycles. The van der Waals surface area contributed by atoms with Gasteiger partial charge in [-0.1, -0.05) is 18.2 Å². The zero-order chi connectivity index (χ0) is 12.2. The van der Waals surface area contributed by atoms with Crippen molar-refractivity contribution in [3.63, 3.8) is 0 Å². The number of hydrogen-bond acceptors (Lipinski definition) is 1. The van der Waals surface area contributed by atoms with Gasteiger partial charge in [-0.05, 0) is 19.9 Å². The second-order valence-corrected chi connectivity index (χ2v) is 5.31. The lowest BCUT2D eigenvalue weighted by molar-refractivity contribution is -0.401. The minimum atomic E-state index is 0. The Bertz CT molecular complexity index is 657. The van der Waals surface area contributed by atoms with E-state index < -0.39 is 0 Å². The fourth-order valence-corrected chi connectivity index (χ4v) is 2.76. The van der Waals surface area contributed by atoms with Gasteiger partial charge >= 0.3 is 0 Å². The van der Waals surface area contributed by atoms with Crippen LogP contribution in [0.5, 0.6) is 0 Å². The highest BCUT2D eigenvalue weighted by Gasteiger charge is 2.42. The zero-order valence-electron chi connectivity index (χ0n) is 11.2. The normalized spacial score (nSPS) is 16.7. The maximum absolute atomic E-state index is 4.55. The molecule has 1 aliphatic rings. The van der Waals surface area contributed by atoms with Crippen LogP contribution in [0.25, 0.3) is 10.9 Å². The third-order valence-corrected chi connectivity index (χ3v) is 4.16. The van der Waals surface area contributed by atoms with Crippen LogP contribution >= 0.6 is 0 Å². The Kier molecular flexibility index (Phi) is 3.21. The molecule has 3 heteroatoms. The lowest BCUT2D eigenvalue weighted by atomic mass is 9.82. The van der Waals surface area contributed by atoms with Gasteiger partial charge in [0.15, 0.2) is 5.71 Å². The van der Waals surface area contributed by atoms with Gasteiger partial charge in [-0.3, -0.25) is 0 Å². The molecule has 0 spiro atoms. The number of hydrogen-bond donors (Lipinski definition) is 0. The van der Waals surface area contributed by atoms with E-state index in [1.54, 1.807) is 0 Å². The fraction of sp³-hybridized carbons (Fsp3) is 0.333. The largest absolute Gasteiger partial charge is 1.00 e. The van der Waals surface area contributed by atoms with Crippen molar-refractivity contribution in [2.24, 2.45) is 0 Å². The van der Waals surface area contributed by atoms with Crippen molar-refractivity contribution in [3.05, 3.63) is 36.0 Å². The monoisotopic (exact) mass is 352 g/mol. The van der Waals surface area contributed by atoms with Gasteiger partial charge in [-0.25, -0.2) is 4.98 Å². The Morgan fingerprint density at radius 2 is 1.89 bits per heavy atom. The predicted molar refractivity (Wildman–Crippen MR) is 71.3 cm³/mol. The second-order valence-electron chi connectivity index (χ2n) is 5.31. The summed E-state index contributed by atoms with van der Waals surface area (Å²) in [6, 6.07) is 8.53. The molecule has 0 bridgehead atoms. The SMILES string of the molecule is CC1=[N+](C)c2c(ccc3cccnc23)C1(C)C.[I-]. The summed E-state index contributed by atoms with van der Waals surface area (Å²) in [6.45, 7) is 6.76. The fourth-order valence-electron chi connectivity index (χ4n) is 2.76. The summed E-state index contributed by atoms with van der Waals surface area (Å²) in [6.07, 6.45) is 1.87. The van der Waals surface area contributed by atoms with Gasteiger partial charge in [-0.15, -0.1) is 0 Å². The Morgan fingerprint density at radius 3 is 2.61 bits per heavy atom. The number of nitrogens with zero attached hydrogens (tertiary/aromatic N) is 2. The number of halogens is 1. The third kappa shape index (κ3) is 1.60. The van der Waals surface area contributed by atoms with Gasteiger partial charge in [0.2, 0.25) is 5.69 Å². The molecule has 1 aromatic heterocycles. The van der Waals surface area contributed by atoms with Crippen molar-refractivity contribution in [3.8, 4) is 0 Å². The topological polar surface area (TPSA) is 15.9 Å². The van der Waals surface area contributed by atoms with Crippen molar-refractivity contribution in [1.29, 1.82) is 0 Å². The minimum absolute atomic E-state index is 0. The molecular formula is C15H17IN2. The first-order valence-electron chi connectivity index (χ1n) is 5.99. The van der Waals surface area contributed by atoms with Crippen LogP contribution in [0.15, 0.2) is 30.5 Å². The van der Waals surface area contributed by atoms with E-state index in [0.29, 0.717) is 0 Å². The van der Waals surface area contributed by atoms with E-state index in [1.165, 1.54) is 22.3 Å². The highest BCUT2D eigenvalue weighted by Crippen LogP contribution is 2.42. The number of rotatable bonds is 0. The smallest absolute Gasteiger partial charge is 0.235 e. The summed E-state index contributed by atoms with van der Waals surface area (Å²) in [5, 5.41) is 1.21. The van der Waals surface area contributed by atoms with Crippen molar-refractivity contribution in [2.75, 3.05) is 7.05 Å². The van der Waals surface area contributed by atoms with Crippen LogP contribution in [0, 0.1) is 0 Å². The highest BCUT2D eigenvalue weighted by molar-refractivity contribution is 5.99. The van der Waals surface area contributed by atoms with E-state index in [9.17, 15) is 0 Å². The van der Waals surface area contributed by atoms with E-state index in [0.717, 1.165) is 5.52 Å². The summed E-state index contributed by atoms with van der Waals surface area (Å²) < 4.78 is 2.28. The standard InChI is InChI=1S/C15H17N2.HI/c1-10-15(2,3)12-8-7-11-6-5-9-16-13(11)14(12)17(10)4;/h5-9H,1-4H3;1H/q+1;/p-1. The molecule has 0 N–H and O–H groups in total. The molecule has 0 saturated heterocycles. The Labute approximate surface area is 125 Å². The highest BCUT2D eigenvalue weighted by atomic mass is 127. The van der Waals surface area contributed by atoms with Crippen molar-refractivity contribution < 1.29 is 28.6 Å². The summed E-state index contributed by atoms with van der Waals surface area (Å²) >= 11 is 0. The molecule has 0 radical (unpaired) electrons. The van der Waals surface area contributed by atoms with E-state index in [2.05, 4.69) is 55.6 Å². The molecule has 0 atom stereocenters. The summed E-state index contributed by atoms with van der Waals surface area (Å²) in [7, 11) is 2.14. The van der Waals surface area contributed by atoms with E-state index >= 15 is 0 Å². The number of fused-ring (bicyclic) bond motifs is 3. The zero-order valence-corrected chi connectivity index (χ0v) is 13.3. The summed E-state index contributed by atoms with van der Waals surface area (Å²) in [4.78, 5) is 4.55. The molecule has 18 heavy (non-hydrogen) atoms. The van der Waals surface area contributed by atoms with E-state index in [1.807, 2.05) is 12.3 Å². The molecule has 2 heterocycles. The first-order chi connectivity index (χ1) is 8.03. The summed E-state index contributed by atoms with van der Waals surface area (Å²) in [5.41, 5.74) is 5.24. The maximum atomic E-state index is 4.55. The Morgan fingerprint density at radius 1 is 1.17 bits per heavy atom. The molecular weight excluding hydrogens is 335 g/mol. The Balaban J connectivity index is 0.00000120. The maximum Gasteiger partial charge on any atom is 0.235 e. The van der Waals surface area contributed by atoms with E-state index in [-0.39, 0.29) is 29.4 Å². The first kappa shape index (κ1) is 13.5. The van der Waals surface area contributed by atoms with Crippen molar-refractivity contribution in [1.82, 2.24) is 4.98 Å². The number of aromatic nitrogens is 1. The third-order valence-electron chi connectivity index (χ3n) is 4.16. The van der Waals surface area contributed by atoms with E-state index in [4.69, 9.17) is 0 Å². The molecule has 0 fully saturated rings. The van der Waals surface area contributed by atoms with Crippen LogP contribution in [0.4, 0.5) is 5.69 Å². The quantitative estimate of drug-likeness (QED) is 0.491. The number of benzene rings is 1. The molecule has 0 unspecified atom stereocenters. The van der Waals surface area contributed by atoms with Gasteiger partial charge in [0, 0.05) is 24.1 Å². The van der Waals surface area contributed by atoms with Gasteiger partial charge in [0.05, 0.1) is 5.41 Å². The Hall–Kier alpha value is -0.970. The lowest BCUT2D eigenvalue weighted by Gasteiger charge is -2.14. The molecule has 2 nitrogen and oxygen atoms in total. The second kappa shape index (κ2) is 4.30. The molecule has 94 valence electrons. The van der Waals surface area contributed by atoms with Crippen molar-refractivity contribution >= 4 is 22.3 Å². The molecule has 2 aromatic rings. The molecule has 1 aromatic carbocycles. The summed E-state index contributed by atoms with van der Waals surface area (Å²) in [5.74, 6) is 0. The van der Waals surface area contributed by atoms with Crippen LogP contribution in [0.3, 0.4) is 0 Å². The van der Waals surface area contributed by atoms with Crippen LogP contribution in [-0.2, 0) is 5.41 Å². The molecule has 0 saturated carbocycles. The predicted octanol–water partition coefficient (Wildman–Crippen LogP) is 0.265. The van der Waals surface area contributed by atoms with Gasteiger partial charge in [-0.2, -0.15) is 4.58 Å². The van der Waals surface area contributed by atoms with Crippen molar-refractivity contribution in [2.45, 2.75) is 26.2 Å². The molecule has 0 amide bonds. The van der Waals surface area contributed by atoms with Crippen LogP contribution in [0.2, 0.25) is 0 Å². The average Bonchev–Trinajstić information content (AvgIpc) is 2.51. The molecule has 0 aliphatic carbocycles. The van der Waals surface area contributed by atoms with Crippen LogP contribution in [0.1, 0.15) is 26.3 Å². The van der Waals surface area contributed by atoms with Crippen LogP contribution in [-0.4, -0.2) is 22.3 Å². The molecule has 3 rings (SSSR count). The average molecular weight is 352 g/mol. The first-order valence-corrected chi connectivity index (χ1v) is 5.99. The van der Waals surface area contributed by atoms with Gasteiger partial charge in [0.1, 0.15) is 12.6 Å².